The number of hydrogen-bond acceptors (Lipinski definition) is 1. The van der Waals surface area contributed by atoms with Crippen molar-refractivity contribution in [1.82, 2.24) is 4.90 Å². The molecular weight excluding hydrogens is 198 g/mol. The summed E-state index contributed by atoms with van der Waals surface area (Å²) in [6.07, 6.45) is 3.63. The highest BCUT2D eigenvalue weighted by atomic mass is 16.2. The number of rotatable bonds is 4. The Bertz CT molecular complexity index is 392. The van der Waals surface area contributed by atoms with Crippen LogP contribution in [0.25, 0.3) is 6.08 Å². The highest BCUT2D eigenvalue weighted by molar-refractivity contribution is 5.74. The van der Waals surface area contributed by atoms with E-state index in [1.54, 1.807) is 11.1 Å². The molecule has 0 heterocycles. The lowest BCUT2D eigenvalue weighted by atomic mass is 10.1. The predicted octanol–water partition coefficient (Wildman–Crippen LogP) is 3.08. The van der Waals surface area contributed by atoms with Crippen molar-refractivity contribution in [2.75, 3.05) is 6.54 Å². The number of carbonyl (C=O) groups is 1. The van der Waals surface area contributed by atoms with E-state index in [0.29, 0.717) is 6.54 Å². The number of hydrogen-bond donors (Lipinski definition) is 0. The van der Waals surface area contributed by atoms with Crippen LogP contribution in [0.1, 0.15) is 19.4 Å². The molecule has 0 bridgehead atoms. The summed E-state index contributed by atoms with van der Waals surface area (Å²) in [7, 11) is 0. The van der Waals surface area contributed by atoms with Gasteiger partial charge in [0.05, 0.1) is 0 Å². The predicted molar refractivity (Wildman–Crippen MR) is 67.7 cm³/mol. The fourth-order valence-electron chi connectivity index (χ4n) is 1.45. The van der Waals surface area contributed by atoms with Crippen molar-refractivity contribution in [1.29, 1.82) is 0 Å². The molecule has 0 aliphatic rings. The normalized spacial score (nSPS) is 11.0. The smallest absolute Gasteiger partial charge is 0.223 e. The van der Waals surface area contributed by atoms with Gasteiger partial charge in [0.25, 0.3) is 0 Å². The average molecular weight is 215 g/mol. The second-order valence-corrected chi connectivity index (χ2v) is 3.73. The Balaban J connectivity index is 2.71. The van der Waals surface area contributed by atoms with E-state index in [9.17, 15) is 4.79 Å². The van der Waals surface area contributed by atoms with Crippen LogP contribution >= 0.6 is 0 Å². The van der Waals surface area contributed by atoms with Gasteiger partial charge in [0, 0.05) is 13.5 Å². The van der Waals surface area contributed by atoms with Crippen molar-refractivity contribution in [2.24, 2.45) is 0 Å². The fraction of sp³-hybridized carbons (Fsp3) is 0.214. The van der Waals surface area contributed by atoms with E-state index in [1.165, 1.54) is 6.92 Å². The maximum atomic E-state index is 11.2. The summed E-state index contributed by atoms with van der Waals surface area (Å²) in [5, 5.41) is 0. The van der Waals surface area contributed by atoms with Gasteiger partial charge in [0.2, 0.25) is 5.91 Å². The monoisotopic (exact) mass is 215 g/mol. The number of benzene rings is 1. The van der Waals surface area contributed by atoms with E-state index >= 15 is 0 Å². The molecule has 84 valence electrons. The largest absolute Gasteiger partial charge is 0.316 e. The summed E-state index contributed by atoms with van der Waals surface area (Å²) in [4.78, 5) is 12.8. The van der Waals surface area contributed by atoms with Crippen molar-refractivity contribution in [3.05, 3.63) is 54.2 Å². The molecule has 0 radical (unpaired) electrons. The molecule has 0 N–H and O–H groups in total. The highest BCUT2D eigenvalue weighted by Gasteiger charge is 2.04. The average Bonchev–Trinajstić information content (AvgIpc) is 2.27. The molecule has 0 unspecified atom stereocenters. The van der Waals surface area contributed by atoms with Crippen LogP contribution in [0.2, 0.25) is 0 Å². The zero-order chi connectivity index (χ0) is 12.0. The van der Waals surface area contributed by atoms with Crippen molar-refractivity contribution in [3.8, 4) is 0 Å². The van der Waals surface area contributed by atoms with Crippen LogP contribution in [-0.2, 0) is 4.79 Å². The molecule has 1 rings (SSSR count). The Morgan fingerprint density at radius 1 is 1.31 bits per heavy atom. The lowest BCUT2D eigenvalue weighted by Crippen LogP contribution is -2.24. The van der Waals surface area contributed by atoms with Crippen LogP contribution in [0.15, 0.2) is 48.7 Å². The SMILES string of the molecule is C=CN(C/C(C)=C/c1ccccc1)C(C)=O. The molecule has 16 heavy (non-hydrogen) atoms. The van der Waals surface area contributed by atoms with Crippen molar-refractivity contribution in [2.45, 2.75) is 13.8 Å². The minimum atomic E-state index is 0.0100. The van der Waals surface area contributed by atoms with Gasteiger partial charge in [-0.05, 0) is 18.7 Å². The molecule has 0 spiro atoms. The third kappa shape index (κ3) is 3.73. The van der Waals surface area contributed by atoms with E-state index in [1.807, 2.05) is 37.3 Å². The van der Waals surface area contributed by atoms with Gasteiger partial charge in [0.15, 0.2) is 0 Å². The minimum Gasteiger partial charge on any atom is -0.316 e. The molecule has 0 aliphatic carbocycles. The fourth-order valence-corrected chi connectivity index (χ4v) is 1.45. The summed E-state index contributed by atoms with van der Waals surface area (Å²) in [5.41, 5.74) is 2.27. The number of nitrogens with zero attached hydrogens (tertiary/aromatic N) is 1. The molecule has 0 aromatic heterocycles. The molecule has 0 saturated heterocycles. The maximum absolute atomic E-state index is 11.2. The lowest BCUT2D eigenvalue weighted by Gasteiger charge is -2.15. The Hall–Kier alpha value is -1.83. The molecule has 2 heteroatoms. The zero-order valence-corrected chi connectivity index (χ0v) is 9.81. The van der Waals surface area contributed by atoms with Crippen LogP contribution < -0.4 is 0 Å². The topological polar surface area (TPSA) is 20.3 Å². The molecule has 0 saturated carbocycles. The molecule has 2 nitrogen and oxygen atoms in total. The van der Waals surface area contributed by atoms with Crippen molar-refractivity contribution >= 4 is 12.0 Å². The van der Waals surface area contributed by atoms with Gasteiger partial charge in [-0.2, -0.15) is 0 Å². The first-order valence-electron chi connectivity index (χ1n) is 5.25. The molecule has 1 amide bonds. The van der Waals surface area contributed by atoms with E-state index in [0.717, 1.165) is 11.1 Å². The Kier molecular flexibility index (Phi) is 4.52. The molecule has 0 atom stereocenters. The summed E-state index contributed by atoms with van der Waals surface area (Å²) >= 11 is 0. The van der Waals surface area contributed by atoms with Gasteiger partial charge in [-0.15, -0.1) is 0 Å². The van der Waals surface area contributed by atoms with Gasteiger partial charge in [-0.1, -0.05) is 48.6 Å². The second-order valence-electron chi connectivity index (χ2n) is 3.73. The van der Waals surface area contributed by atoms with E-state index in [2.05, 4.69) is 12.7 Å². The molecular formula is C14H17NO. The van der Waals surface area contributed by atoms with Crippen molar-refractivity contribution < 1.29 is 4.79 Å². The van der Waals surface area contributed by atoms with Gasteiger partial charge >= 0.3 is 0 Å². The van der Waals surface area contributed by atoms with Crippen LogP contribution in [0.5, 0.6) is 0 Å². The van der Waals surface area contributed by atoms with Crippen molar-refractivity contribution in [3.63, 3.8) is 0 Å². The van der Waals surface area contributed by atoms with Crippen LogP contribution in [0.3, 0.4) is 0 Å². The first kappa shape index (κ1) is 12.2. The summed E-state index contributed by atoms with van der Waals surface area (Å²) in [6.45, 7) is 7.76. The van der Waals surface area contributed by atoms with Gasteiger partial charge in [0.1, 0.15) is 0 Å². The molecule has 0 fully saturated rings. The Morgan fingerprint density at radius 2 is 1.94 bits per heavy atom. The van der Waals surface area contributed by atoms with Gasteiger partial charge in [-0.3, -0.25) is 4.79 Å². The van der Waals surface area contributed by atoms with E-state index < -0.39 is 0 Å². The summed E-state index contributed by atoms with van der Waals surface area (Å²) in [6, 6.07) is 10.0. The standard InChI is InChI=1S/C14H17NO/c1-4-15(13(3)16)11-12(2)10-14-8-6-5-7-9-14/h4-10H,1,11H2,2-3H3/b12-10+. The summed E-state index contributed by atoms with van der Waals surface area (Å²) < 4.78 is 0. The molecule has 0 aliphatic heterocycles. The highest BCUT2D eigenvalue weighted by Crippen LogP contribution is 2.07. The van der Waals surface area contributed by atoms with Gasteiger partial charge < -0.3 is 4.90 Å². The zero-order valence-electron chi connectivity index (χ0n) is 9.81. The van der Waals surface area contributed by atoms with E-state index in [4.69, 9.17) is 0 Å². The minimum absolute atomic E-state index is 0.0100. The third-order valence-corrected chi connectivity index (χ3v) is 2.26. The quantitative estimate of drug-likeness (QED) is 0.755. The third-order valence-electron chi connectivity index (χ3n) is 2.26. The van der Waals surface area contributed by atoms with E-state index in [-0.39, 0.29) is 5.91 Å². The lowest BCUT2D eigenvalue weighted by molar-refractivity contribution is -0.125. The Morgan fingerprint density at radius 3 is 2.44 bits per heavy atom. The first-order valence-corrected chi connectivity index (χ1v) is 5.25. The van der Waals surface area contributed by atoms with Crippen LogP contribution in [-0.4, -0.2) is 17.4 Å². The summed E-state index contributed by atoms with van der Waals surface area (Å²) in [5.74, 6) is 0.0100. The van der Waals surface area contributed by atoms with Crippen LogP contribution in [0.4, 0.5) is 0 Å². The molecule has 1 aromatic rings. The Labute approximate surface area is 96.9 Å². The number of carbonyl (C=O) groups excluding carboxylic acids is 1. The molecule has 1 aromatic carbocycles. The van der Waals surface area contributed by atoms with Crippen LogP contribution in [0, 0.1) is 0 Å². The second kappa shape index (κ2) is 5.91. The van der Waals surface area contributed by atoms with Gasteiger partial charge in [-0.25, -0.2) is 0 Å². The number of amides is 1. The maximum Gasteiger partial charge on any atom is 0.223 e. The first-order chi connectivity index (χ1) is 7.63.